The minimum absolute atomic E-state index is 0.675. The highest BCUT2D eigenvalue weighted by Crippen LogP contribution is 2.42. The molecule has 0 spiro atoms. The normalized spacial score (nSPS) is 16.6. The molecule has 92 valence electrons. The maximum absolute atomic E-state index is 12.5. The van der Waals surface area contributed by atoms with Gasteiger partial charge in [-0.2, -0.15) is 30.7 Å². The maximum atomic E-state index is 12.5. The molecule has 0 rings (SSSR count). The first-order valence-corrected chi connectivity index (χ1v) is 3.90. The van der Waals surface area contributed by atoms with Gasteiger partial charge in [-0.15, -0.1) is 0 Å². The van der Waals surface area contributed by atoms with Crippen LogP contribution in [0.2, 0.25) is 0 Å². The smallest absolute Gasteiger partial charge is 0.237 e. The topological polar surface area (TPSA) is 0 Å². The average Bonchev–Trinajstić information content (AvgIpc) is 2.01. The van der Waals surface area contributed by atoms with Crippen LogP contribution in [0.25, 0.3) is 0 Å². The Balaban J connectivity index is 4.65. The summed E-state index contributed by atoms with van der Waals surface area (Å²) in [6.07, 6.45) is -13.4. The molecular weight excluding hydrogens is 236 g/mol. The van der Waals surface area contributed by atoms with Crippen LogP contribution in [0, 0.1) is 0 Å². The predicted octanol–water partition coefficient (Wildman–Crippen LogP) is 3.96. The lowest BCUT2D eigenvalue weighted by Crippen LogP contribution is -2.44. The van der Waals surface area contributed by atoms with Gasteiger partial charge in [-0.05, 0) is 0 Å². The van der Waals surface area contributed by atoms with Crippen LogP contribution in [0.4, 0.5) is 35.1 Å². The van der Waals surface area contributed by atoms with Crippen LogP contribution in [0.5, 0.6) is 0 Å². The molecule has 0 nitrogen and oxygen atoms in total. The minimum atomic E-state index is -5.55. The molecule has 0 aromatic rings. The lowest BCUT2D eigenvalue weighted by Gasteiger charge is -2.27. The summed E-state index contributed by atoms with van der Waals surface area (Å²) >= 11 is 0. The van der Waals surface area contributed by atoms with Crippen molar-refractivity contribution in [3.63, 3.8) is 0 Å². The minimum Gasteiger partial charge on any atom is -0.237 e. The fourth-order valence-electron chi connectivity index (χ4n) is 0.749. The highest BCUT2D eigenvalue weighted by molar-refractivity contribution is 4.87. The van der Waals surface area contributed by atoms with Crippen LogP contribution in [-0.4, -0.2) is 24.2 Å². The van der Waals surface area contributed by atoms with Crippen LogP contribution < -0.4 is 0 Å². The SMILES string of the molecule is CCC(F)(F)C(F)(F)C[C@H](F)C(F)(F)F. The van der Waals surface area contributed by atoms with Crippen LogP contribution in [0.1, 0.15) is 19.8 Å². The zero-order chi connectivity index (χ0) is 12.5. The van der Waals surface area contributed by atoms with Crippen molar-refractivity contribution in [2.24, 2.45) is 0 Å². The van der Waals surface area contributed by atoms with Crippen LogP contribution in [0.15, 0.2) is 0 Å². The summed E-state index contributed by atoms with van der Waals surface area (Å²) in [5, 5.41) is 0. The van der Waals surface area contributed by atoms with E-state index < -0.39 is 37.0 Å². The molecule has 0 aliphatic carbocycles. The highest BCUT2D eigenvalue weighted by Gasteiger charge is 2.59. The summed E-state index contributed by atoms with van der Waals surface area (Å²) in [6.45, 7) is 0.675. The summed E-state index contributed by atoms with van der Waals surface area (Å²) in [6, 6.07) is 0. The third-order valence-electron chi connectivity index (χ3n) is 1.77. The van der Waals surface area contributed by atoms with Gasteiger partial charge >= 0.3 is 18.0 Å². The van der Waals surface area contributed by atoms with Gasteiger partial charge in [0, 0.05) is 6.42 Å². The van der Waals surface area contributed by atoms with Crippen molar-refractivity contribution >= 4 is 0 Å². The lowest BCUT2D eigenvalue weighted by atomic mass is 10.0. The van der Waals surface area contributed by atoms with E-state index in [4.69, 9.17) is 0 Å². The molecule has 0 amide bonds. The second-order valence-corrected chi connectivity index (χ2v) is 2.98. The Bertz CT molecular complexity index is 206. The first kappa shape index (κ1) is 14.4. The van der Waals surface area contributed by atoms with Gasteiger partial charge in [0.15, 0.2) is 0 Å². The Labute approximate surface area is 80.3 Å². The molecule has 0 saturated heterocycles. The second-order valence-electron chi connectivity index (χ2n) is 2.98. The summed E-state index contributed by atoms with van der Waals surface area (Å²) < 4.78 is 96.5. The monoisotopic (exact) mass is 244 g/mol. The second kappa shape index (κ2) is 4.13. The molecule has 0 heterocycles. The Hall–Kier alpha value is -0.560. The van der Waals surface area contributed by atoms with E-state index in [1.54, 1.807) is 0 Å². The lowest BCUT2D eigenvalue weighted by molar-refractivity contribution is -0.248. The Morgan fingerprint density at radius 1 is 0.867 bits per heavy atom. The van der Waals surface area contributed by atoms with Crippen molar-refractivity contribution in [2.75, 3.05) is 0 Å². The van der Waals surface area contributed by atoms with Gasteiger partial charge < -0.3 is 0 Å². The first-order chi connectivity index (χ1) is 6.44. The molecular formula is C7H8F8. The van der Waals surface area contributed by atoms with Crippen LogP contribution >= 0.6 is 0 Å². The fourth-order valence-corrected chi connectivity index (χ4v) is 0.749. The van der Waals surface area contributed by atoms with Gasteiger partial charge in [0.25, 0.3) is 0 Å². The van der Waals surface area contributed by atoms with E-state index in [9.17, 15) is 35.1 Å². The van der Waals surface area contributed by atoms with Crippen molar-refractivity contribution < 1.29 is 35.1 Å². The van der Waals surface area contributed by atoms with Gasteiger partial charge in [0.05, 0.1) is 6.42 Å². The summed E-state index contributed by atoms with van der Waals surface area (Å²) in [4.78, 5) is 0. The van der Waals surface area contributed by atoms with Gasteiger partial charge in [0.2, 0.25) is 6.17 Å². The molecule has 0 unspecified atom stereocenters. The fraction of sp³-hybridized carbons (Fsp3) is 1.00. The number of hydrogen-bond acceptors (Lipinski definition) is 0. The number of rotatable bonds is 4. The standard InChI is InChI=1S/C7H8F8/c1-2-5(9,10)6(11,12)3-4(8)7(13,14)15/h4H,2-3H2,1H3/t4-/m0/s1. The molecule has 0 aliphatic rings. The maximum Gasteiger partial charge on any atom is 0.419 e. The predicted molar refractivity (Wildman–Crippen MR) is 35.8 cm³/mol. The average molecular weight is 244 g/mol. The molecule has 0 aromatic heterocycles. The van der Waals surface area contributed by atoms with Gasteiger partial charge in [-0.1, -0.05) is 6.92 Å². The van der Waals surface area contributed by atoms with E-state index in [0.717, 1.165) is 0 Å². The van der Waals surface area contributed by atoms with Crippen LogP contribution in [-0.2, 0) is 0 Å². The summed E-state index contributed by atoms with van der Waals surface area (Å²) in [5.41, 5.74) is 0. The molecule has 15 heavy (non-hydrogen) atoms. The molecule has 0 aliphatic heterocycles. The van der Waals surface area contributed by atoms with E-state index in [0.29, 0.717) is 6.92 Å². The number of alkyl halides is 8. The van der Waals surface area contributed by atoms with E-state index in [1.807, 2.05) is 0 Å². The molecule has 1 atom stereocenters. The zero-order valence-corrected chi connectivity index (χ0v) is 7.52. The van der Waals surface area contributed by atoms with Crippen molar-refractivity contribution in [3.05, 3.63) is 0 Å². The van der Waals surface area contributed by atoms with Crippen molar-refractivity contribution in [2.45, 2.75) is 44.0 Å². The quantitative estimate of drug-likeness (QED) is 0.656. The summed E-state index contributed by atoms with van der Waals surface area (Å²) in [5.74, 6) is -9.64. The largest absolute Gasteiger partial charge is 0.419 e. The van der Waals surface area contributed by atoms with Crippen molar-refractivity contribution in [3.8, 4) is 0 Å². The molecule has 0 radical (unpaired) electrons. The highest BCUT2D eigenvalue weighted by atomic mass is 19.4. The van der Waals surface area contributed by atoms with E-state index >= 15 is 0 Å². The van der Waals surface area contributed by atoms with E-state index in [-0.39, 0.29) is 0 Å². The molecule has 0 fully saturated rings. The van der Waals surface area contributed by atoms with Crippen molar-refractivity contribution in [1.29, 1.82) is 0 Å². The molecule has 0 N–H and O–H groups in total. The van der Waals surface area contributed by atoms with E-state index in [2.05, 4.69) is 0 Å². The molecule has 8 heteroatoms. The molecule has 0 saturated carbocycles. The Morgan fingerprint density at radius 3 is 1.53 bits per heavy atom. The third-order valence-corrected chi connectivity index (χ3v) is 1.77. The Morgan fingerprint density at radius 2 is 1.27 bits per heavy atom. The number of hydrogen-bond donors (Lipinski definition) is 0. The van der Waals surface area contributed by atoms with Gasteiger partial charge in [0.1, 0.15) is 0 Å². The zero-order valence-electron chi connectivity index (χ0n) is 7.52. The Kier molecular flexibility index (Phi) is 3.98. The molecule has 0 aromatic carbocycles. The van der Waals surface area contributed by atoms with Gasteiger partial charge in [-0.25, -0.2) is 4.39 Å². The summed E-state index contributed by atoms with van der Waals surface area (Å²) in [7, 11) is 0. The third kappa shape index (κ3) is 3.49. The molecule has 0 bridgehead atoms. The van der Waals surface area contributed by atoms with Crippen LogP contribution in [0.3, 0.4) is 0 Å². The van der Waals surface area contributed by atoms with E-state index in [1.165, 1.54) is 0 Å². The number of halogens is 8. The first-order valence-electron chi connectivity index (χ1n) is 3.90. The van der Waals surface area contributed by atoms with Gasteiger partial charge in [-0.3, -0.25) is 0 Å². The van der Waals surface area contributed by atoms with Crippen molar-refractivity contribution in [1.82, 2.24) is 0 Å².